The molecule has 0 bridgehead atoms. The SMILES string of the molecule is CCCCC/C(=C\C=C1/CCCc2ccccc21)c1ccc(OCC)cc1. The van der Waals surface area contributed by atoms with E-state index in [-0.39, 0.29) is 0 Å². The zero-order chi connectivity index (χ0) is 18.9. The highest BCUT2D eigenvalue weighted by Crippen LogP contribution is 2.31. The lowest BCUT2D eigenvalue weighted by atomic mass is 9.87. The van der Waals surface area contributed by atoms with Gasteiger partial charge in [0.15, 0.2) is 0 Å². The summed E-state index contributed by atoms with van der Waals surface area (Å²) in [6, 6.07) is 17.5. The van der Waals surface area contributed by atoms with Crippen LogP contribution in [0.15, 0.2) is 60.7 Å². The topological polar surface area (TPSA) is 9.23 Å². The zero-order valence-electron chi connectivity index (χ0n) is 16.8. The van der Waals surface area contributed by atoms with Gasteiger partial charge >= 0.3 is 0 Å². The number of rotatable bonds is 8. The molecule has 142 valence electrons. The fourth-order valence-corrected chi connectivity index (χ4v) is 3.85. The number of benzene rings is 2. The van der Waals surface area contributed by atoms with Gasteiger partial charge in [-0.2, -0.15) is 0 Å². The summed E-state index contributed by atoms with van der Waals surface area (Å²) >= 11 is 0. The lowest BCUT2D eigenvalue weighted by molar-refractivity contribution is 0.340. The van der Waals surface area contributed by atoms with E-state index >= 15 is 0 Å². The van der Waals surface area contributed by atoms with Crippen LogP contribution >= 0.6 is 0 Å². The van der Waals surface area contributed by atoms with Gasteiger partial charge in [0.05, 0.1) is 6.61 Å². The van der Waals surface area contributed by atoms with Gasteiger partial charge < -0.3 is 4.74 Å². The molecule has 3 rings (SSSR count). The van der Waals surface area contributed by atoms with Crippen molar-refractivity contribution in [2.75, 3.05) is 6.61 Å². The van der Waals surface area contributed by atoms with Crippen LogP contribution in [-0.2, 0) is 6.42 Å². The molecule has 0 N–H and O–H groups in total. The second-order valence-corrected chi connectivity index (χ2v) is 7.31. The normalized spacial score (nSPS) is 15.6. The highest BCUT2D eigenvalue weighted by atomic mass is 16.5. The first kappa shape index (κ1) is 19.5. The lowest BCUT2D eigenvalue weighted by Crippen LogP contribution is -2.01. The van der Waals surface area contributed by atoms with E-state index in [1.54, 1.807) is 0 Å². The smallest absolute Gasteiger partial charge is 0.119 e. The van der Waals surface area contributed by atoms with Gasteiger partial charge in [0.1, 0.15) is 5.75 Å². The third-order valence-electron chi connectivity index (χ3n) is 5.33. The van der Waals surface area contributed by atoms with E-state index in [4.69, 9.17) is 4.74 Å². The van der Waals surface area contributed by atoms with E-state index in [0.29, 0.717) is 6.61 Å². The molecule has 1 aliphatic rings. The van der Waals surface area contributed by atoms with Gasteiger partial charge in [-0.15, -0.1) is 0 Å². The molecular weight excluding hydrogens is 328 g/mol. The summed E-state index contributed by atoms with van der Waals surface area (Å²) in [6.07, 6.45) is 13.3. The fraction of sp³-hybridized carbons (Fsp3) is 0.385. The summed E-state index contributed by atoms with van der Waals surface area (Å²) in [5.41, 5.74) is 7.17. The van der Waals surface area contributed by atoms with Crippen LogP contribution in [0.2, 0.25) is 0 Å². The number of unbranched alkanes of at least 4 members (excludes halogenated alkanes) is 2. The summed E-state index contributed by atoms with van der Waals surface area (Å²) in [5, 5.41) is 0. The Morgan fingerprint density at radius 2 is 1.78 bits per heavy atom. The Labute approximate surface area is 164 Å². The Balaban J connectivity index is 1.86. The molecule has 1 aliphatic carbocycles. The van der Waals surface area contributed by atoms with Gasteiger partial charge in [-0.1, -0.05) is 68.3 Å². The van der Waals surface area contributed by atoms with Gasteiger partial charge in [0.25, 0.3) is 0 Å². The summed E-state index contributed by atoms with van der Waals surface area (Å²) < 4.78 is 5.60. The molecule has 0 heterocycles. The standard InChI is InChI=1S/C26H32O/c1-3-5-6-10-21(22-17-19-25(20-18-22)27-4-2)15-16-24-13-9-12-23-11-7-8-14-26(23)24/h7-8,11,14-20H,3-6,9-10,12-13H2,1-2H3/b21-15+,24-16+. The fourth-order valence-electron chi connectivity index (χ4n) is 3.85. The monoisotopic (exact) mass is 360 g/mol. The molecule has 0 fully saturated rings. The van der Waals surface area contributed by atoms with E-state index in [0.717, 1.165) is 12.2 Å². The zero-order valence-corrected chi connectivity index (χ0v) is 16.8. The van der Waals surface area contributed by atoms with Gasteiger partial charge in [-0.05, 0) is 79.0 Å². The second kappa shape index (κ2) is 10.2. The molecule has 2 aromatic rings. The molecule has 0 aromatic heterocycles. The van der Waals surface area contributed by atoms with Crippen LogP contribution in [0, 0.1) is 0 Å². The minimum absolute atomic E-state index is 0.712. The number of fused-ring (bicyclic) bond motifs is 1. The van der Waals surface area contributed by atoms with Crippen LogP contribution in [0.25, 0.3) is 11.1 Å². The Morgan fingerprint density at radius 1 is 0.963 bits per heavy atom. The third kappa shape index (κ3) is 5.35. The predicted molar refractivity (Wildman–Crippen MR) is 117 cm³/mol. The van der Waals surface area contributed by atoms with Crippen LogP contribution in [0.3, 0.4) is 0 Å². The number of allylic oxidation sites excluding steroid dienone is 4. The number of hydrogen-bond acceptors (Lipinski definition) is 1. The molecule has 2 aromatic carbocycles. The van der Waals surface area contributed by atoms with E-state index in [9.17, 15) is 0 Å². The summed E-state index contributed by atoms with van der Waals surface area (Å²) in [7, 11) is 0. The van der Waals surface area contributed by atoms with Crippen molar-refractivity contribution >= 4 is 11.1 Å². The van der Waals surface area contributed by atoms with Gasteiger partial charge in [-0.25, -0.2) is 0 Å². The van der Waals surface area contributed by atoms with E-state index in [2.05, 4.69) is 67.6 Å². The summed E-state index contributed by atoms with van der Waals surface area (Å²) in [6.45, 7) is 5.00. The minimum Gasteiger partial charge on any atom is -0.494 e. The van der Waals surface area contributed by atoms with E-state index in [1.807, 2.05) is 6.92 Å². The number of hydrogen-bond donors (Lipinski definition) is 0. The predicted octanol–water partition coefficient (Wildman–Crippen LogP) is 7.47. The lowest BCUT2D eigenvalue weighted by Gasteiger charge is -2.18. The Hall–Kier alpha value is -2.28. The van der Waals surface area contributed by atoms with Crippen LogP contribution in [0.4, 0.5) is 0 Å². The number of ether oxygens (including phenoxy) is 1. The van der Waals surface area contributed by atoms with Crippen molar-refractivity contribution in [3.05, 3.63) is 77.4 Å². The second-order valence-electron chi connectivity index (χ2n) is 7.31. The molecule has 27 heavy (non-hydrogen) atoms. The Bertz CT molecular complexity index is 780. The maximum Gasteiger partial charge on any atom is 0.119 e. The number of aryl methyl sites for hydroxylation is 1. The molecule has 0 atom stereocenters. The van der Waals surface area contributed by atoms with Crippen molar-refractivity contribution in [3.63, 3.8) is 0 Å². The molecule has 0 saturated heterocycles. The van der Waals surface area contributed by atoms with E-state index in [1.165, 1.54) is 66.4 Å². The van der Waals surface area contributed by atoms with Crippen LogP contribution < -0.4 is 4.74 Å². The molecule has 1 heteroatoms. The third-order valence-corrected chi connectivity index (χ3v) is 5.33. The van der Waals surface area contributed by atoms with Crippen molar-refractivity contribution in [1.82, 2.24) is 0 Å². The first-order valence-electron chi connectivity index (χ1n) is 10.5. The molecular formula is C26H32O. The molecule has 0 aliphatic heterocycles. The molecule has 0 spiro atoms. The molecule has 0 amide bonds. The highest BCUT2D eigenvalue weighted by Gasteiger charge is 2.12. The van der Waals surface area contributed by atoms with Crippen molar-refractivity contribution in [2.45, 2.75) is 58.8 Å². The van der Waals surface area contributed by atoms with Crippen LogP contribution in [-0.4, -0.2) is 6.61 Å². The Morgan fingerprint density at radius 3 is 2.56 bits per heavy atom. The van der Waals surface area contributed by atoms with Crippen molar-refractivity contribution in [1.29, 1.82) is 0 Å². The largest absolute Gasteiger partial charge is 0.494 e. The van der Waals surface area contributed by atoms with Crippen LogP contribution in [0.5, 0.6) is 5.75 Å². The Kier molecular flexibility index (Phi) is 7.33. The molecule has 1 nitrogen and oxygen atoms in total. The first-order chi connectivity index (χ1) is 13.3. The quantitative estimate of drug-likeness (QED) is 0.444. The van der Waals surface area contributed by atoms with Crippen molar-refractivity contribution < 1.29 is 4.74 Å². The average molecular weight is 361 g/mol. The van der Waals surface area contributed by atoms with Gasteiger partial charge in [0.2, 0.25) is 0 Å². The highest BCUT2D eigenvalue weighted by molar-refractivity contribution is 5.75. The maximum absolute atomic E-state index is 5.60. The molecule has 0 saturated carbocycles. The molecule has 0 radical (unpaired) electrons. The minimum atomic E-state index is 0.712. The average Bonchev–Trinajstić information content (AvgIpc) is 2.71. The maximum atomic E-state index is 5.60. The first-order valence-corrected chi connectivity index (χ1v) is 10.5. The van der Waals surface area contributed by atoms with E-state index < -0.39 is 0 Å². The van der Waals surface area contributed by atoms with Crippen LogP contribution in [0.1, 0.15) is 69.1 Å². The summed E-state index contributed by atoms with van der Waals surface area (Å²) in [5.74, 6) is 0.953. The van der Waals surface area contributed by atoms with Gasteiger partial charge in [0, 0.05) is 0 Å². The van der Waals surface area contributed by atoms with Crippen molar-refractivity contribution in [3.8, 4) is 5.75 Å². The van der Waals surface area contributed by atoms with Gasteiger partial charge in [-0.3, -0.25) is 0 Å². The summed E-state index contributed by atoms with van der Waals surface area (Å²) in [4.78, 5) is 0. The van der Waals surface area contributed by atoms with Crippen molar-refractivity contribution in [2.24, 2.45) is 0 Å². The molecule has 0 unspecified atom stereocenters.